The second-order valence-corrected chi connectivity index (χ2v) is 9.55. The molecule has 0 aliphatic carbocycles. The molecule has 0 fully saturated rings. The number of carbonyl (C=O) groups excluding carboxylic acids is 2. The predicted molar refractivity (Wildman–Crippen MR) is 148 cm³/mol. The smallest absolute Gasteiger partial charge is 0.186 e. The third-order valence-corrected chi connectivity index (χ3v) is 6.77. The molecule has 0 unspecified atom stereocenters. The molecule has 0 saturated heterocycles. The molecule has 0 aliphatic heterocycles. The minimum Gasteiger partial charge on any atom is -0.289 e. The third-order valence-electron chi connectivity index (χ3n) is 5.12. The molecule has 0 saturated carbocycles. The molecule has 4 aromatic carbocycles. The molecule has 0 heterocycles. The molecule has 0 aromatic heterocycles. The Balaban J connectivity index is 1.75. The Bertz CT molecular complexity index is 1270. The molecule has 0 atom stereocenters. The molecule has 172 valence electrons. The zero-order valence-corrected chi connectivity index (χ0v) is 20.9. The number of hydrogen-bond donors (Lipinski definition) is 0. The molecular formula is C30H20Cl2O2S. The molecule has 4 aromatic rings. The van der Waals surface area contributed by atoms with Gasteiger partial charge in [-0.3, -0.25) is 9.59 Å². The maximum absolute atomic E-state index is 13.1. The van der Waals surface area contributed by atoms with Crippen molar-refractivity contribution in [1.82, 2.24) is 0 Å². The van der Waals surface area contributed by atoms with Crippen LogP contribution in [0.3, 0.4) is 0 Å². The first-order valence-corrected chi connectivity index (χ1v) is 12.4. The largest absolute Gasteiger partial charge is 0.289 e. The molecule has 35 heavy (non-hydrogen) atoms. The van der Waals surface area contributed by atoms with Gasteiger partial charge in [0.05, 0.1) is 0 Å². The van der Waals surface area contributed by atoms with Crippen LogP contribution in [-0.2, 0) is 0 Å². The van der Waals surface area contributed by atoms with Gasteiger partial charge < -0.3 is 0 Å². The average molecular weight is 515 g/mol. The second kappa shape index (κ2) is 11.9. The molecule has 0 spiro atoms. The average Bonchev–Trinajstić information content (AvgIpc) is 2.89. The molecular weight excluding hydrogens is 495 g/mol. The maximum atomic E-state index is 13.1. The summed E-state index contributed by atoms with van der Waals surface area (Å²) in [5.74, 6) is -0.297. The zero-order valence-electron chi connectivity index (χ0n) is 18.5. The summed E-state index contributed by atoms with van der Waals surface area (Å²) in [4.78, 5) is 27.7. The monoisotopic (exact) mass is 514 g/mol. The zero-order chi connectivity index (χ0) is 24.6. The van der Waals surface area contributed by atoms with Gasteiger partial charge in [-0.25, -0.2) is 0 Å². The normalized spacial score (nSPS) is 11.8. The summed E-state index contributed by atoms with van der Waals surface area (Å²) in [6, 6.07) is 32.9. The van der Waals surface area contributed by atoms with E-state index in [4.69, 9.17) is 23.2 Å². The van der Waals surface area contributed by atoms with E-state index in [9.17, 15) is 9.59 Å². The first kappa shape index (κ1) is 24.7. The van der Waals surface area contributed by atoms with Gasteiger partial charge in [-0.05, 0) is 59.7 Å². The topological polar surface area (TPSA) is 34.1 Å². The number of rotatable bonds is 8. The van der Waals surface area contributed by atoms with Gasteiger partial charge in [0.2, 0.25) is 0 Å². The number of ketones is 2. The van der Waals surface area contributed by atoms with Crippen LogP contribution in [-0.4, -0.2) is 11.6 Å². The van der Waals surface area contributed by atoms with Crippen molar-refractivity contribution >= 4 is 56.3 Å². The Morgan fingerprint density at radius 3 is 1.17 bits per heavy atom. The van der Waals surface area contributed by atoms with E-state index < -0.39 is 0 Å². The fraction of sp³-hybridized carbons (Fsp3) is 0. The maximum Gasteiger partial charge on any atom is 0.186 e. The molecule has 0 radical (unpaired) electrons. The molecule has 4 rings (SSSR count). The van der Waals surface area contributed by atoms with Gasteiger partial charge in [0.1, 0.15) is 0 Å². The fourth-order valence-corrected chi connectivity index (χ4v) is 4.63. The highest BCUT2D eigenvalue weighted by atomic mass is 35.5. The number of benzene rings is 4. The van der Waals surface area contributed by atoms with Crippen molar-refractivity contribution in [3.63, 3.8) is 0 Å². The Morgan fingerprint density at radius 2 is 0.829 bits per heavy atom. The SMILES string of the molecule is O=C(/C=C(/S/C(=C/C(=O)c1ccc(Cl)cc1)c1ccccc1)c1ccccc1)c1ccc(Cl)cc1. The first-order chi connectivity index (χ1) is 17.0. The number of carbonyl (C=O) groups is 2. The van der Waals surface area contributed by atoms with Gasteiger partial charge in [-0.15, -0.1) is 0 Å². The summed E-state index contributed by atoms with van der Waals surface area (Å²) in [5.41, 5.74) is 2.82. The van der Waals surface area contributed by atoms with Crippen LogP contribution in [0.25, 0.3) is 9.81 Å². The molecule has 0 N–H and O–H groups in total. The van der Waals surface area contributed by atoms with Crippen molar-refractivity contribution in [1.29, 1.82) is 0 Å². The van der Waals surface area contributed by atoms with Gasteiger partial charge in [-0.1, -0.05) is 95.6 Å². The van der Waals surface area contributed by atoms with E-state index in [0.29, 0.717) is 21.2 Å². The van der Waals surface area contributed by atoms with Crippen LogP contribution in [0.5, 0.6) is 0 Å². The Labute approximate surface area is 218 Å². The van der Waals surface area contributed by atoms with Crippen molar-refractivity contribution in [2.24, 2.45) is 0 Å². The molecule has 2 nitrogen and oxygen atoms in total. The molecule has 0 aliphatic rings. The van der Waals surface area contributed by atoms with Crippen molar-refractivity contribution in [3.05, 3.63) is 154 Å². The van der Waals surface area contributed by atoms with Gasteiger partial charge in [0.15, 0.2) is 11.6 Å². The predicted octanol–water partition coefficient (Wildman–Crippen LogP) is 8.87. The minimum absolute atomic E-state index is 0.149. The molecule has 5 heteroatoms. The summed E-state index contributed by atoms with van der Waals surface area (Å²) < 4.78 is 0. The highest BCUT2D eigenvalue weighted by Gasteiger charge is 2.14. The van der Waals surface area contributed by atoms with E-state index >= 15 is 0 Å². The lowest BCUT2D eigenvalue weighted by atomic mass is 10.1. The van der Waals surface area contributed by atoms with E-state index in [1.807, 2.05) is 60.7 Å². The van der Waals surface area contributed by atoms with Gasteiger partial charge in [0.25, 0.3) is 0 Å². The molecule has 0 bridgehead atoms. The standard InChI is InChI=1S/C30H20Cl2O2S/c31-25-15-11-21(12-16-25)27(33)19-29(23-7-3-1-4-8-23)35-30(24-9-5-2-6-10-24)20-28(34)22-13-17-26(32)18-14-22/h1-20H/b29-19+,30-20+. The summed E-state index contributed by atoms with van der Waals surface area (Å²) in [5, 5.41) is 1.14. The van der Waals surface area contributed by atoms with E-state index in [2.05, 4.69) is 0 Å². The van der Waals surface area contributed by atoms with Crippen LogP contribution >= 0.6 is 35.0 Å². The Hall–Kier alpha value is -3.37. The van der Waals surface area contributed by atoms with Crippen molar-refractivity contribution in [3.8, 4) is 0 Å². The Morgan fingerprint density at radius 1 is 0.486 bits per heavy atom. The van der Waals surface area contributed by atoms with E-state index in [-0.39, 0.29) is 11.6 Å². The van der Waals surface area contributed by atoms with Crippen LogP contribution in [0.2, 0.25) is 10.0 Å². The minimum atomic E-state index is -0.149. The number of thioether (sulfide) groups is 1. The number of allylic oxidation sites excluding steroid dienone is 2. The number of halogens is 2. The highest BCUT2D eigenvalue weighted by Crippen LogP contribution is 2.39. The van der Waals surface area contributed by atoms with Gasteiger partial charge in [-0.2, -0.15) is 0 Å². The summed E-state index contributed by atoms with van der Waals surface area (Å²) in [7, 11) is 0. The number of hydrogen-bond acceptors (Lipinski definition) is 3. The van der Waals surface area contributed by atoms with Crippen molar-refractivity contribution < 1.29 is 9.59 Å². The van der Waals surface area contributed by atoms with Crippen LogP contribution in [0.4, 0.5) is 0 Å². The summed E-state index contributed by atoms with van der Waals surface area (Å²) in [6.45, 7) is 0. The third kappa shape index (κ3) is 6.83. The van der Waals surface area contributed by atoms with Crippen LogP contribution in [0, 0.1) is 0 Å². The van der Waals surface area contributed by atoms with Crippen molar-refractivity contribution in [2.45, 2.75) is 0 Å². The van der Waals surface area contributed by atoms with Crippen LogP contribution in [0.1, 0.15) is 31.8 Å². The van der Waals surface area contributed by atoms with E-state index in [1.54, 1.807) is 60.7 Å². The van der Waals surface area contributed by atoms with E-state index in [0.717, 1.165) is 20.9 Å². The second-order valence-electron chi connectivity index (χ2n) is 7.59. The van der Waals surface area contributed by atoms with Crippen LogP contribution in [0.15, 0.2) is 121 Å². The fourth-order valence-electron chi connectivity index (χ4n) is 3.30. The summed E-state index contributed by atoms with van der Waals surface area (Å²) >= 11 is 13.3. The van der Waals surface area contributed by atoms with Gasteiger partial charge in [0, 0.05) is 43.1 Å². The van der Waals surface area contributed by atoms with E-state index in [1.165, 1.54) is 11.8 Å². The molecule has 0 amide bonds. The quantitative estimate of drug-likeness (QED) is 0.174. The first-order valence-electron chi connectivity index (χ1n) is 10.8. The van der Waals surface area contributed by atoms with Crippen LogP contribution < -0.4 is 0 Å². The van der Waals surface area contributed by atoms with Gasteiger partial charge >= 0.3 is 0 Å². The Kier molecular flexibility index (Phi) is 8.38. The lowest BCUT2D eigenvalue weighted by molar-refractivity contribution is 0.103. The highest BCUT2D eigenvalue weighted by molar-refractivity contribution is 8.16. The lowest BCUT2D eigenvalue weighted by Crippen LogP contribution is -1.97. The van der Waals surface area contributed by atoms with Crippen molar-refractivity contribution in [2.75, 3.05) is 0 Å². The summed E-state index contributed by atoms with van der Waals surface area (Å²) in [6.07, 6.45) is 3.21. The lowest BCUT2D eigenvalue weighted by Gasteiger charge is -2.12.